The molecule has 4 atom stereocenters. The number of fused-ring (bicyclic) bond motifs is 1. The molecule has 0 radical (unpaired) electrons. The van der Waals surface area contributed by atoms with Crippen LogP contribution in [-0.4, -0.2) is 54.3 Å². The molecule has 1 aliphatic carbocycles. The molecule has 0 aromatic heterocycles. The fraction of sp³-hybridized carbons (Fsp3) is 0.565. The zero-order valence-electron chi connectivity index (χ0n) is 17.7. The summed E-state index contributed by atoms with van der Waals surface area (Å²) in [5, 5.41) is 13.5. The number of rotatable bonds is 3. The minimum absolute atomic E-state index is 0.106. The van der Waals surface area contributed by atoms with Crippen LogP contribution in [0, 0.1) is 5.41 Å². The maximum absolute atomic E-state index is 13.0. The van der Waals surface area contributed by atoms with Gasteiger partial charge >= 0.3 is 11.9 Å². The molecule has 1 spiro atoms. The summed E-state index contributed by atoms with van der Waals surface area (Å²) >= 11 is 0. The van der Waals surface area contributed by atoms with Crippen LogP contribution in [-0.2, 0) is 24.5 Å². The van der Waals surface area contributed by atoms with Gasteiger partial charge in [0.1, 0.15) is 11.9 Å². The third-order valence-corrected chi connectivity index (χ3v) is 7.84. The van der Waals surface area contributed by atoms with E-state index in [1.54, 1.807) is 12.1 Å². The second-order valence-electron chi connectivity index (χ2n) is 9.13. The van der Waals surface area contributed by atoms with Gasteiger partial charge in [-0.25, -0.2) is 4.79 Å². The molecule has 3 heterocycles. The lowest BCUT2D eigenvalue weighted by atomic mass is 9.53. The highest BCUT2D eigenvalue weighted by atomic mass is 16.5. The lowest BCUT2D eigenvalue weighted by molar-refractivity contribution is -0.161. The molecule has 4 aliphatic rings. The summed E-state index contributed by atoms with van der Waals surface area (Å²) in [6.45, 7) is 5.32. The first kappa shape index (κ1) is 19.4. The van der Waals surface area contributed by atoms with Crippen LogP contribution < -0.4 is 5.32 Å². The van der Waals surface area contributed by atoms with Gasteiger partial charge in [0.05, 0.1) is 18.1 Å². The molecular weight excluding hydrogens is 384 g/mol. The Balaban J connectivity index is 1.77. The zero-order valence-corrected chi connectivity index (χ0v) is 17.7. The first-order valence-electron chi connectivity index (χ1n) is 10.7. The van der Waals surface area contributed by atoms with Crippen LogP contribution in [0.25, 0.3) is 0 Å². The predicted molar refractivity (Wildman–Crippen MR) is 110 cm³/mol. The number of aromatic hydroxyl groups is 1. The van der Waals surface area contributed by atoms with Crippen molar-refractivity contribution in [1.29, 1.82) is 0 Å². The summed E-state index contributed by atoms with van der Waals surface area (Å²) in [5.41, 5.74) is 2.69. The number of carbonyl (C=O) groups is 2. The van der Waals surface area contributed by atoms with Gasteiger partial charge in [-0.05, 0) is 57.3 Å². The average molecular weight is 412 g/mol. The van der Waals surface area contributed by atoms with Gasteiger partial charge in [-0.15, -0.1) is 0 Å². The van der Waals surface area contributed by atoms with Gasteiger partial charge in [0.15, 0.2) is 0 Å². The molecule has 0 amide bonds. The number of esters is 2. The molecule has 2 N–H and O–H groups in total. The maximum atomic E-state index is 13.0. The Hall–Kier alpha value is -2.54. The highest BCUT2D eigenvalue weighted by Gasteiger charge is 2.68. The summed E-state index contributed by atoms with van der Waals surface area (Å²) in [6, 6.07) is 5.53. The Morgan fingerprint density at radius 1 is 1.30 bits per heavy atom. The molecule has 7 heteroatoms. The number of benzene rings is 1. The Morgan fingerprint density at radius 3 is 2.83 bits per heavy atom. The Morgan fingerprint density at radius 2 is 2.10 bits per heavy atom. The molecule has 0 saturated carbocycles. The van der Waals surface area contributed by atoms with Crippen molar-refractivity contribution in [2.75, 3.05) is 25.5 Å². The highest BCUT2D eigenvalue weighted by Crippen LogP contribution is 2.65. The SMILES string of the molecule is COC(=O)C1=C2Nc3cc(O)ccc3[C@@]23CCN2CCC[C@@]([C@H](C)OC(C)=O)(C1)[C@H]23. The molecule has 0 unspecified atom stereocenters. The molecule has 0 bridgehead atoms. The van der Waals surface area contributed by atoms with E-state index in [1.165, 1.54) is 14.0 Å². The number of nitrogens with zero attached hydrogens (tertiary/aromatic N) is 1. The highest BCUT2D eigenvalue weighted by molar-refractivity contribution is 5.93. The third kappa shape index (κ3) is 2.35. The largest absolute Gasteiger partial charge is 0.508 e. The van der Waals surface area contributed by atoms with Crippen molar-refractivity contribution >= 4 is 17.6 Å². The minimum atomic E-state index is -0.403. The van der Waals surface area contributed by atoms with Gasteiger partial charge in [-0.3, -0.25) is 9.69 Å². The number of hydrogen-bond donors (Lipinski definition) is 2. The van der Waals surface area contributed by atoms with E-state index in [-0.39, 0.29) is 35.2 Å². The van der Waals surface area contributed by atoms with E-state index in [4.69, 9.17) is 9.47 Å². The molecular formula is C23H28N2O5. The van der Waals surface area contributed by atoms with Gasteiger partial charge in [0.25, 0.3) is 0 Å². The summed E-state index contributed by atoms with van der Waals surface area (Å²) in [7, 11) is 1.41. The Kier molecular flexibility index (Phi) is 4.19. The predicted octanol–water partition coefficient (Wildman–Crippen LogP) is 2.69. The zero-order chi connectivity index (χ0) is 21.3. The first-order chi connectivity index (χ1) is 14.3. The fourth-order valence-electron chi connectivity index (χ4n) is 6.87. The van der Waals surface area contributed by atoms with Gasteiger partial charge in [0.2, 0.25) is 0 Å². The number of ether oxygens (including phenoxy) is 2. The molecule has 2 saturated heterocycles. The van der Waals surface area contributed by atoms with Gasteiger partial charge in [-0.1, -0.05) is 6.07 Å². The lowest BCUT2D eigenvalue weighted by Crippen LogP contribution is -2.64. The second-order valence-corrected chi connectivity index (χ2v) is 9.13. The number of anilines is 1. The Bertz CT molecular complexity index is 972. The number of piperidine rings is 1. The Labute approximate surface area is 176 Å². The molecule has 7 nitrogen and oxygen atoms in total. The van der Waals surface area contributed by atoms with E-state index in [2.05, 4.69) is 10.2 Å². The van der Waals surface area contributed by atoms with Crippen LogP contribution >= 0.6 is 0 Å². The fourth-order valence-corrected chi connectivity index (χ4v) is 6.87. The summed E-state index contributed by atoms with van der Waals surface area (Å²) in [5.74, 6) is -0.453. The van der Waals surface area contributed by atoms with E-state index in [0.29, 0.717) is 12.0 Å². The molecule has 3 aliphatic heterocycles. The third-order valence-electron chi connectivity index (χ3n) is 7.84. The molecule has 2 fully saturated rings. The monoisotopic (exact) mass is 412 g/mol. The molecule has 1 aromatic carbocycles. The van der Waals surface area contributed by atoms with E-state index in [9.17, 15) is 14.7 Å². The van der Waals surface area contributed by atoms with Crippen molar-refractivity contribution in [3.05, 3.63) is 35.0 Å². The van der Waals surface area contributed by atoms with Gasteiger partial charge in [0, 0.05) is 35.8 Å². The standard InChI is InChI=1S/C23H28N2O5/c1-13(30-14(2)26)22-7-4-9-25-10-8-23(21(22)25)17-6-5-15(27)11-18(17)24-19(23)16(12-22)20(28)29-3/h5-6,11,13,21,24,27H,4,7-10,12H2,1-3H3/t13-,21-,22-,23-/m0/s1. The van der Waals surface area contributed by atoms with Crippen molar-refractivity contribution in [2.24, 2.45) is 5.41 Å². The van der Waals surface area contributed by atoms with Gasteiger partial charge in [-0.2, -0.15) is 0 Å². The van der Waals surface area contributed by atoms with Crippen molar-refractivity contribution in [3.63, 3.8) is 0 Å². The number of methoxy groups -OCH3 is 1. The van der Waals surface area contributed by atoms with Crippen LogP contribution in [0.3, 0.4) is 0 Å². The molecule has 5 rings (SSSR count). The number of nitrogens with one attached hydrogen (secondary N) is 1. The topological polar surface area (TPSA) is 88.1 Å². The van der Waals surface area contributed by atoms with Gasteiger partial charge < -0.3 is 19.9 Å². The summed E-state index contributed by atoms with van der Waals surface area (Å²) in [4.78, 5) is 27.4. The normalized spacial score (nSPS) is 32.6. The number of hydrogen-bond acceptors (Lipinski definition) is 7. The first-order valence-corrected chi connectivity index (χ1v) is 10.7. The quantitative estimate of drug-likeness (QED) is 0.738. The van der Waals surface area contributed by atoms with E-state index in [1.807, 2.05) is 13.0 Å². The van der Waals surface area contributed by atoms with Crippen molar-refractivity contribution in [3.8, 4) is 5.75 Å². The van der Waals surface area contributed by atoms with Crippen LogP contribution in [0.15, 0.2) is 29.5 Å². The van der Waals surface area contributed by atoms with E-state index < -0.39 is 5.41 Å². The van der Waals surface area contributed by atoms with Crippen LogP contribution in [0.2, 0.25) is 0 Å². The number of phenols is 1. The lowest BCUT2D eigenvalue weighted by Gasteiger charge is -2.57. The maximum Gasteiger partial charge on any atom is 0.335 e. The van der Waals surface area contributed by atoms with E-state index >= 15 is 0 Å². The van der Waals surface area contributed by atoms with Crippen molar-refractivity contribution in [2.45, 2.75) is 57.1 Å². The summed E-state index contributed by atoms with van der Waals surface area (Å²) < 4.78 is 11.0. The van der Waals surface area contributed by atoms with Crippen molar-refractivity contribution < 1.29 is 24.2 Å². The average Bonchev–Trinajstić information content (AvgIpc) is 3.26. The summed E-state index contributed by atoms with van der Waals surface area (Å²) in [6.07, 6.45) is 2.91. The second kappa shape index (κ2) is 6.48. The van der Waals surface area contributed by atoms with E-state index in [0.717, 1.165) is 49.3 Å². The minimum Gasteiger partial charge on any atom is -0.508 e. The molecule has 160 valence electrons. The molecule has 1 aromatic rings. The van der Waals surface area contributed by atoms with Crippen molar-refractivity contribution in [1.82, 2.24) is 4.90 Å². The van der Waals surface area contributed by atoms with Crippen LogP contribution in [0.1, 0.15) is 45.1 Å². The van der Waals surface area contributed by atoms with Crippen LogP contribution in [0.4, 0.5) is 5.69 Å². The number of phenolic OH excluding ortho intramolecular Hbond substituents is 1. The number of carbonyl (C=O) groups excluding carboxylic acids is 2. The van der Waals surface area contributed by atoms with Crippen LogP contribution in [0.5, 0.6) is 5.75 Å². The molecule has 30 heavy (non-hydrogen) atoms. The smallest absolute Gasteiger partial charge is 0.335 e.